The zero-order chi connectivity index (χ0) is 9.26. The summed E-state index contributed by atoms with van der Waals surface area (Å²) in [5.41, 5.74) is 0. The van der Waals surface area contributed by atoms with E-state index in [0.717, 1.165) is 18.3 Å². The third kappa shape index (κ3) is 1.93. The minimum atomic E-state index is 0.778. The van der Waals surface area contributed by atoms with Crippen molar-refractivity contribution in [2.45, 2.75) is 45.4 Å². The summed E-state index contributed by atoms with van der Waals surface area (Å²) >= 11 is 1.92. The molecule has 72 valence electrons. The molecule has 1 heterocycles. The molecule has 1 aromatic heterocycles. The topological polar surface area (TPSA) is 12.9 Å². The maximum absolute atomic E-state index is 4.52. The summed E-state index contributed by atoms with van der Waals surface area (Å²) in [6.07, 6.45) is 7.31. The smallest absolute Gasteiger partial charge is 0.0958 e. The molecule has 2 heteroatoms. The summed E-state index contributed by atoms with van der Waals surface area (Å²) in [5, 5.41) is 1.39. The Balaban J connectivity index is 2.08. The Bertz CT molecular complexity index is 279. The molecule has 0 amide bonds. The van der Waals surface area contributed by atoms with Gasteiger partial charge in [-0.05, 0) is 25.2 Å². The van der Waals surface area contributed by atoms with Gasteiger partial charge in [0.2, 0.25) is 0 Å². The number of aryl methyl sites for hydroxylation is 1. The van der Waals surface area contributed by atoms with E-state index < -0.39 is 0 Å². The van der Waals surface area contributed by atoms with Crippen molar-refractivity contribution in [1.82, 2.24) is 4.98 Å². The van der Waals surface area contributed by atoms with E-state index in [1.54, 1.807) is 0 Å². The second-order valence-corrected chi connectivity index (χ2v) is 5.28. The molecule has 0 radical (unpaired) electrons. The number of nitrogens with zero attached hydrogens (tertiary/aromatic N) is 1. The van der Waals surface area contributed by atoms with Gasteiger partial charge in [-0.2, -0.15) is 0 Å². The number of thiazole rings is 1. The highest BCUT2D eigenvalue weighted by molar-refractivity contribution is 7.11. The van der Waals surface area contributed by atoms with Crippen LogP contribution in [-0.2, 0) is 6.42 Å². The molecule has 0 spiro atoms. The molecule has 2 rings (SSSR count). The van der Waals surface area contributed by atoms with Gasteiger partial charge in [0.1, 0.15) is 0 Å². The summed E-state index contributed by atoms with van der Waals surface area (Å²) in [6, 6.07) is 0. The van der Waals surface area contributed by atoms with Crippen LogP contribution < -0.4 is 0 Å². The Hall–Kier alpha value is -0.370. The lowest BCUT2D eigenvalue weighted by molar-refractivity contribution is 0.595. The van der Waals surface area contributed by atoms with Gasteiger partial charge >= 0.3 is 0 Å². The van der Waals surface area contributed by atoms with E-state index >= 15 is 0 Å². The van der Waals surface area contributed by atoms with E-state index in [2.05, 4.69) is 25.0 Å². The van der Waals surface area contributed by atoms with Crippen molar-refractivity contribution in [1.29, 1.82) is 0 Å². The fourth-order valence-electron chi connectivity index (χ4n) is 2.11. The highest BCUT2D eigenvalue weighted by Crippen LogP contribution is 2.39. The molecule has 13 heavy (non-hydrogen) atoms. The Morgan fingerprint density at radius 1 is 1.54 bits per heavy atom. The Morgan fingerprint density at radius 2 is 2.38 bits per heavy atom. The predicted molar refractivity (Wildman–Crippen MR) is 57.2 cm³/mol. The molecule has 1 aromatic rings. The molecule has 1 aliphatic carbocycles. The highest BCUT2D eigenvalue weighted by Gasteiger charge is 2.24. The summed E-state index contributed by atoms with van der Waals surface area (Å²) in [4.78, 5) is 5.96. The van der Waals surface area contributed by atoms with Gasteiger partial charge in [0.25, 0.3) is 0 Å². The third-order valence-corrected chi connectivity index (χ3v) is 4.27. The lowest BCUT2D eigenvalue weighted by atomic mass is 10.1. The summed E-state index contributed by atoms with van der Waals surface area (Å²) < 4.78 is 0. The number of hydrogen-bond acceptors (Lipinski definition) is 2. The number of hydrogen-bond donors (Lipinski definition) is 0. The third-order valence-electron chi connectivity index (χ3n) is 2.96. The van der Waals surface area contributed by atoms with Crippen molar-refractivity contribution in [3.05, 3.63) is 16.1 Å². The van der Waals surface area contributed by atoms with Gasteiger partial charge in [-0.15, -0.1) is 11.3 Å². The summed E-state index contributed by atoms with van der Waals surface area (Å²) in [6.45, 7) is 4.56. The first kappa shape index (κ1) is 9.20. The molecule has 1 nitrogen and oxygen atoms in total. The number of aromatic nitrogens is 1. The zero-order valence-corrected chi connectivity index (χ0v) is 9.23. The van der Waals surface area contributed by atoms with Crippen molar-refractivity contribution in [3.63, 3.8) is 0 Å². The van der Waals surface area contributed by atoms with Gasteiger partial charge in [0.05, 0.1) is 5.01 Å². The molecular formula is C11H17NS. The Morgan fingerprint density at radius 3 is 2.92 bits per heavy atom. The summed E-state index contributed by atoms with van der Waals surface area (Å²) in [5.74, 6) is 1.69. The highest BCUT2D eigenvalue weighted by atomic mass is 32.1. The fourth-order valence-corrected chi connectivity index (χ4v) is 3.11. The molecule has 1 saturated carbocycles. The van der Waals surface area contributed by atoms with Crippen LogP contribution in [0.25, 0.3) is 0 Å². The van der Waals surface area contributed by atoms with E-state index in [9.17, 15) is 0 Å². The van der Waals surface area contributed by atoms with Crippen LogP contribution in [0, 0.1) is 5.92 Å². The summed E-state index contributed by atoms with van der Waals surface area (Å²) in [7, 11) is 0. The molecule has 2 atom stereocenters. The molecule has 0 aliphatic heterocycles. The van der Waals surface area contributed by atoms with Crippen LogP contribution in [0.2, 0.25) is 0 Å². The first-order valence-corrected chi connectivity index (χ1v) is 6.05. The maximum atomic E-state index is 4.52. The first-order valence-electron chi connectivity index (χ1n) is 5.24. The first-order chi connectivity index (χ1) is 6.29. The van der Waals surface area contributed by atoms with Crippen LogP contribution in [0.3, 0.4) is 0 Å². The lowest BCUT2D eigenvalue weighted by Crippen LogP contribution is -1.91. The molecule has 2 unspecified atom stereocenters. The van der Waals surface area contributed by atoms with Crippen LogP contribution in [0.15, 0.2) is 6.20 Å². The molecule has 0 aromatic carbocycles. The van der Waals surface area contributed by atoms with E-state index in [-0.39, 0.29) is 0 Å². The van der Waals surface area contributed by atoms with Crippen LogP contribution in [0.5, 0.6) is 0 Å². The standard InChI is InChI=1S/C11H17NS/c1-3-10-7-12-11(13-10)9-5-4-8(2)6-9/h7-9H,3-6H2,1-2H3. The van der Waals surface area contributed by atoms with Gasteiger partial charge in [-0.1, -0.05) is 20.3 Å². The van der Waals surface area contributed by atoms with Crippen molar-refractivity contribution in [2.75, 3.05) is 0 Å². The predicted octanol–water partition coefficient (Wildman–Crippen LogP) is 3.61. The minimum Gasteiger partial charge on any atom is -0.249 e. The molecule has 0 bridgehead atoms. The second kappa shape index (κ2) is 3.79. The van der Waals surface area contributed by atoms with Gasteiger partial charge in [0, 0.05) is 17.0 Å². The van der Waals surface area contributed by atoms with E-state index in [1.807, 2.05) is 11.3 Å². The maximum Gasteiger partial charge on any atom is 0.0958 e. The van der Waals surface area contributed by atoms with Crippen LogP contribution in [-0.4, -0.2) is 4.98 Å². The van der Waals surface area contributed by atoms with Crippen molar-refractivity contribution >= 4 is 11.3 Å². The molecule has 0 saturated heterocycles. The quantitative estimate of drug-likeness (QED) is 0.702. The molecular weight excluding hydrogens is 178 g/mol. The molecule has 1 fully saturated rings. The monoisotopic (exact) mass is 195 g/mol. The fraction of sp³-hybridized carbons (Fsp3) is 0.727. The molecule has 0 N–H and O–H groups in total. The van der Waals surface area contributed by atoms with Gasteiger partial charge in [-0.25, -0.2) is 4.98 Å². The van der Waals surface area contributed by atoms with Crippen LogP contribution in [0.4, 0.5) is 0 Å². The average molecular weight is 195 g/mol. The van der Waals surface area contributed by atoms with Crippen molar-refractivity contribution in [2.24, 2.45) is 5.92 Å². The lowest BCUT2D eigenvalue weighted by Gasteiger charge is -2.03. The van der Waals surface area contributed by atoms with Gasteiger partial charge < -0.3 is 0 Å². The van der Waals surface area contributed by atoms with Crippen molar-refractivity contribution < 1.29 is 0 Å². The van der Waals surface area contributed by atoms with Gasteiger partial charge in [0.15, 0.2) is 0 Å². The molecule has 1 aliphatic rings. The number of rotatable bonds is 2. The minimum absolute atomic E-state index is 0.778. The van der Waals surface area contributed by atoms with Crippen LogP contribution >= 0.6 is 11.3 Å². The van der Waals surface area contributed by atoms with E-state index in [4.69, 9.17) is 0 Å². The van der Waals surface area contributed by atoms with E-state index in [1.165, 1.54) is 29.1 Å². The largest absolute Gasteiger partial charge is 0.249 e. The second-order valence-electron chi connectivity index (χ2n) is 4.13. The normalized spacial score (nSPS) is 28.2. The van der Waals surface area contributed by atoms with E-state index in [0.29, 0.717) is 0 Å². The Kier molecular flexibility index (Phi) is 2.68. The zero-order valence-electron chi connectivity index (χ0n) is 8.42. The van der Waals surface area contributed by atoms with Crippen molar-refractivity contribution in [3.8, 4) is 0 Å². The Labute approximate surface area is 84.2 Å². The SMILES string of the molecule is CCc1cnc(C2CCC(C)C2)s1. The van der Waals surface area contributed by atoms with Gasteiger partial charge in [-0.3, -0.25) is 0 Å². The average Bonchev–Trinajstić information content (AvgIpc) is 2.71. The van der Waals surface area contributed by atoms with Crippen LogP contribution in [0.1, 0.15) is 48.9 Å².